The number of hydrogen-bond donors (Lipinski definition) is 2. The van der Waals surface area contributed by atoms with Gasteiger partial charge in [-0.1, -0.05) is 32.6 Å². The van der Waals surface area contributed by atoms with E-state index in [1.54, 1.807) is 6.20 Å². The summed E-state index contributed by atoms with van der Waals surface area (Å²) in [7, 11) is 0. The van der Waals surface area contributed by atoms with E-state index in [0.717, 1.165) is 19.3 Å². The molecule has 0 aromatic carbocycles. The standard InChI is InChI=1S/C15H25NO2/c1-5-13(16-6-2)14(3)7-8-15(14,4)18-12-9-11(17)10-12/h6-8,11-13,16-17H,2,5,9-10H2,1,3-4H3/t11?,12?,13?,14-,15?/m1/s1. The van der Waals surface area contributed by atoms with Crippen LogP contribution in [0.3, 0.4) is 0 Å². The molecule has 2 N–H and O–H groups in total. The Bertz CT molecular complexity index is 348. The fourth-order valence-electron chi connectivity index (χ4n) is 3.05. The molecule has 102 valence electrons. The van der Waals surface area contributed by atoms with Gasteiger partial charge in [0.1, 0.15) is 0 Å². The van der Waals surface area contributed by atoms with Crippen LogP contribution in [0, 0.1) is 5.41 Å². The van der Waals surface area contributed by atoms with Crippen LogP contribution in [0.25, 0.3) is 0 Å². The van der Waals surface area contributed by atoms with E-state index < -0.39 is 0 Å². The minimum absolute atomic E-state index is 0.0174. The van der Waals surface area contributed by atoms with Crippen LogP contribution in [-0.4, -0.2) is 29.0 Å². The van der Waals surface area contributed by atoms with Gasteiger partial charge in [-0.3, -0.25) is 0 Å². The lowest BCUT2D eigenvalue weighted by atomic mass is 9.60. The third-order valence-electron chi connectivity index (χ3n) is 4.75. The molecular weight excluding hydrogens is 226 g/mol. The molecular formula is C15H25NO2. The molecule has 3 heteroatoms. The fourth-order valence-corrected chi connectivity index (χ4v) is 3.05. The molecule has 0 spiro atoms. The Morgan fingerprint density at radius 2 is 2.17 bits per heavy atom. The summed E-state index contributed by atoms with van der Waals surface area (Å²) in [5, 5.41) is 12.7. The van der Waals surface area contributed by atoms with Gasteiger partial charge in [0.05, 0.1) is 17.8 Å². The summed E-state index contributed by atoms with van der Waals surface area (Å²) in [5.74, 6) is 0. The summed E-state index contributed by atoms with van der Waals surface area (Å²) in [6.07, 6.45) is 8.74. The number of rotatable bonds is 6. The summed E-state index contributed by atoms with van der Waals surface area (Å²) in [5.41, 5.74) is -0.259. The number of aliphatic hydroxyl groups excluding tert-OH is 1. The van der Waals surface area contributed by atoms with E-state index in [1.165, 1.54) is 0 Å². The van der Waals surface area contributed by atoms with Crippen molar-refractivity contribution in [1.29, 1.82) is 0 Å². The molecule has 0 aromatic heterocycles. The molecule has 1 fully saturated rings. The minimum atomic E-state index is -0.242. The van der Waals surface area contributed by atoms with Crippen LogP contribution in [0.1, 0.15) is 40.0 Å². The normalized spacial score (nSPS) is 43.8. The molecule has 2 rings (SSSR count). The predicted octanol–water partition coefficient (Wildman–Crippen LogP) is 2.37. The molecule has 1 saturated carbocycles. The van der Waals surface area contributed by atoms with Crippen molar-refractivity contribution in [2.45, 2.75) is 63.9 Å². The van der Waals surface area contributed by atoms with E-state index in [1.807, 2.05) is 0 Å². The first-order chi connectivity index (χ1) is 8.45. The van der Waals surface area contributed by atoms with E-state index in [4.69, 9.17) is 4.74 Å². The van der Waals surface area contributed by atoms with Gasteiger partial charge in [-0.05, 0) is 32.4 Å². The number of ether oxygens (including phenoxy) is 1. The molecule has 0 radical (unpaired) electrons. The van der Waals surface area contributed by atoms with Crippen molar-refractivity contribution in [2.24, 2.45) is 5.41 Å². The number of hydrogen-bond acceptors (Lipinski definition) is 3. The predicted molar refractivity (Wildman–Crippen MR) is 73.2 cm³/mol. The van der Waals surface area contributed by atoms with Crippen LogP contribution in [0.2, 0.25) is 0 Å². The zero-order chi connectivity index (χ0) is 13.4. The van der Waals surface area contributed by atoms with E-state index in [0.29, 0.717) is 6.04 Å². The molecule has 2 unspecified atom stereocenters. The summed E-state index contributed by atoms with van der Waals surface area (Å²) >= 11 is 0. The van der Waals surface area contributed by atoms with Gasteiger partial charge in [-0.2, -0.15) is 0 Å². The van der Waals surface area contributed by atoms with E-state index in [-0.39, 0.29) is 23.2 Å². The number of aliphatic hydroxyl groups is 1. The molecule has 2 aliphatic rings. The Morgan fingerprint density at radius 3 is 2.56 bits per heavy atom. The Labute approximate surface area is 110 Å². The molecule has 2 aliphatic carbocycles. The van der Waals surface area contributed by atoms with Crippen molar-refractivity contribution in [2.75, 3.05) is 0 Å². The van der Waals surface area contributed by atoms with Gasteiger partial charge in [0.15, 0.2) is 0 Å². The van der Waals surface area contributed by atoms with Crippen LogP contribution >= 0.6 is 0 Å². The van der Waals surface area contributed by atoms with E-state index in [9.17, 15) is 5.11 Å². The molecule has 0 aromatic rings. The zero-order valence-electron chi connectivity index (χ0n) is 11.6. The second-order valence-corrected chi connectivity index (χ2v) is 5.92. The minimum Gasteiger partial charge on any atom is -0.393 e. The van der Waals surface area contributed by atoms with Crippen molar-refractivity contribution in [3.05, 3.63) is 24.9 Å². The van der Waals surface area contributed by atoms with Crippen LogP contribution < -0.4 is 5.32 Å². The van der Waals surface area contributed by atoms with Gasteiger partial charge >= 0.3 is 0 Å². The molecule has 0 saturated heterocycles. The first-order valence-electron chi connectivity index (χ1n) is 6.88. The fraction of sp³-hybridized carbons (Fsp3) is 0.733. The average Bonchev–Trinajstić information content (AvgIpc) is 2.31. The SMILES string of the molecule is C=CNC(CC)[C@@]1(C)C=CC1(C)OC1CC(O)C1. The smallest absolute Gasteiger partial charge is 0.0945 e. The summed E-state index contributed by atoms with van der Waals surface area (Å²) in [6.45, 7) is 10.3. The lowest BCUT2D eigenvalue weighted by molar-refractivity contribution is -0.177. The van der Waals surface area contributed by atoms with Crippen molar-refractivity contribution in [1.82, 2.24) is 5.32 Å². The maximum absolute atomic E-state index is 9.35. The monoisotopic (exact) mass is 251 g/mol. The average molecular weight is 251 g/mol. The van der Waals surface area contributed by atoms with Gasteiger partial charge in [0, 0.05) is 11.5 Å². The lowest BCUT2D eigenvalue weighted by Crippen LogP contribution is -2.61. The summed E-state index contributed by atoms with van der Waals surface area (Å²) in [4.78, 5) is 0. The third kappa shape index (κ3) is 1.99. The highest BCUT2D eigenvalue weighted by atomic mass is 16.5. The lowest BCUT2D eigenvalue weighted by Gasteiger charge is -2.55. The van der Waals surface area contributed by atoms with Gasteiger partial charge in [-0.15, -0.1) is 0 Å². The molecule has 0 heterocycles. The van der Waals surface area contributed by atoms with Gasteiger partial charge in [0.2, 0.25) is 0 Å². The molecule has 0 amide bonds. The van der Waals surface area contributed by atoms with Gasteiger partial charge in [-0.25, -0.2) is 0 Å². The van der Waals surface area contributed by atoms with Crippen molar-refractivity contribution >= 4 is 0 Å². The van der Waals surface area contributed by atoms with Crippen molar-refractivity contribution < 1.29 is 9.84 Å². The second kappa shape index (κ2) is 4.71. The highest BCUT2D eigenvalue weighted by Crippen LogP contribution is 2.50. The molecule has 0 bridgehead atoms. The second-order valence-electron chi connectivity index (χ2n) is 5.92. The Hall–Kier alpha value is -0.800. The van der Waals surface area contributed by atoms with Crippen LogP contribution in [0.5, 0.6) is 0 Å². The third-order valence-corrected chi connectivity index (χ3v) is 4.75. The highest BCUT2D eigenvalue weighted by molar-refractivity contribution is 5.30. The van der Waals surface area contributed by atoms with Gasteiger partial charge < -0.3 is 15.2 Å². The Balaban J connectivity index is 2.04. The molecule has 18 heavy (non-hydrogen) atoms. The van der Waals surface area contributed by atoms with E-state index in [2.05, 4.69) is 44.8 Å². The van der Waals surface area contributed by atoms with Crippen LogP contribution in [-0.2, 0) is 4.74 Å². The van der Waals surface area contributed by atoms with Gasteiger partial charge in [0.25, 0.3) is 0 Å². The van der Waals surface area contributed by atoms with E-state index >= 15 is 0 Å². The summed E-state index contributed by atoms with van der Waals surface area (Å²) in [6, 6.07) is 0.329. The van der Waals surface area contributed by atoms with Crippen molar-refractivity contribution in [3.8, 4) is 0 Å². The topological polar surface area (TPSA) is 41.5 Å². The number of nitrogens with one attached hydrogen (secondary N) is 1. The molecule has 3 nitrogen and oxygen atoms in total. The Morgan fingerprint density at radius 1 is 1.50 bits per heavy atom. The van der Waals surface area contributed by atoms with Crippen LogP contribution in [0.4, 0.5) is 0 Å². The summed E-state index contributed by atoms with van der Waals surface area (Å²) < 4.78 is 6.20. The maximum Gasteiger partial charge on any atom is 0.0945 e. The first-order valence-corrected chi connectivity index (χ1v) is 6.88. The Kier molecular flexibility index (Phi) is 3.56. The maximum atomic E-state index is 9.35. The highest BCUT2D eigenvalue weighted by Gasteiger charge is 2.54. The van der Waals surface area contributed by atoms with Crippen molar-refractivity contribution in [3.63, 3.8) is 0 Å². The molecule has 0 aliphatic heterocycles. The largest absolute Gasteiger partial charge is 0.393 e. The first kappa shape index (κ1) is 13.6. The van der Waals surface area contributed by atoms with Crippen LogP contribution in [0.15, 0.2) is 24.9 Å². The quantitative estimate of drug-likeness (QED) is 0.712. The zero-order valence-corrected chi connectivity index (χ0v) is 11.6. The molecule has 3 atom stereocenters.